The molecule has 0 aliphatic heterocycles. The first-order chi connectivity index (χ1) is 6.32. The molecular formula is C11H13FO2. The third kappa shape index (κ3) is 2.17. The van der Waals surface area contributed by atoms with E-state index in [4.69, 9.17) is 0 Å². The number of ketones is 1. The molecule has 0 saturated carbocycles. The Morgan fingerprint density at radius 3 is 2.50 bits per heavy atom. The van der Waals surface area contributed by atoms with Crippen molar-refractivity contribution >= 4 is 5.78 Å². The van der Waals surface area contributed by atoms with E-state index in [1.54, 1.807) is 6.92 Å². The highest BCUT2D eigenvalue weighted by Gasteiger charge is 2.26. The van der Waals surface area contributed by atoms with Gasteiger partial charge in [-0.15, -0.1) is 0 Å². The maximum absolute atomic E-state index is 12.9. The van der Waals surface area contributed by atoms with Crippen molar-refractivity contribution < 1.29 is 14.3 Å². The number of carbonyl (C=O) groups is 1. The number of carbonyl (C=O) groups excluding carboxylic acids is 1. The Morgan fingerprint density at radius 2 is 2.00 bits per heavy atom. The number of hydrogen-bond acceptors (Lipinski definition) is 2. The van der Waals surface area contributed by atoms with Crippen LogP contribution in [0.4, 0.5) is 4.39 Å². The summed E-state index contributed by atoms with van der Waals surface area (Å²) in [5.74, 6) is -0.933. The van der Waals surface area contributed by atoms with Crippen LogP contribution in [-0.2, 0) is 0 Å². The molecule has 0 heterocycles. The van der Waals surface area contributed by atoms with Crippen LogP contribution in [0.3, 0.4) is 0 Å². The standard InChI is InChI=1S/C11H13FO2/c1-7-4-5-8(12)6-9(7)10(13)11(2,3)14/h4-6,14H,1-3H3. The normalized spacial score (nSPS) is 11.5. The van der Waals surface area contributed by atoms with Gasteiger partial charge in [0.2, 0.25) is 0 Å². The van der Waals surface area contributed by atoms with E-state index in [9.17, 15) is 14.3 Å². The molecule has 0 saturated heterocycles. The van der Waals surface area contributed by atoms with E-state index in [2.05, 4.69) is 0 Å². The van der Waals surface area contributed by atoms with Gasteiger partial charge in [0, 0.05) is 5.56 Å². The SMILES string of the molecule is Cc1ccc(F)cc1C(=O)C(C)(C)O. The summed E-state index contributed by atoms with van der Waals surface area (Å²) in [5.41, 5.74) is -0.561. The Morgan fingerprint density at radius 1 is 1.43 bits per heavy atom. The van der Waals surface area contributed by atoms with E-state index in [-0.39, 0.29) is 5.56 Å². The second-order valence-electron chi connectivity index (χ2n) is 3.85. The molecule has 0 fully saturated rings. The summed E-state index contributed by atoms with van der Waals surface area (Å²) >= 11 is 0. The van der Waals surface area contributed by atoms with Crippen LogP contribution in [0, 0.1) is 12.7 Å². The van der Waals surface area contributed by atoms with E-state index < -0.39 is 17.2 Å². The lowest BCUT2D eigenvalue weighted by molar-refractivity contribution is 0.0487. The molecule has 2 nitrogen and oxygen atoms in total. The summed E-state index contributed by atoms with van der Waals surface area (Å²) in [6.45, 7) is 4.48. The zero-order valence-corrected chi connectivity index (χ0v) is 8.47. The summed E-state index contributed by atoms with van der Waals surface area (Å²) < 4.78 is 12.9. The van der Waals surface area contributed by atoms with Gasteiger partial charge in [0.05, 0.1) is 0 Å². The molecule has 0 amide bonds. The Hall–Kier alpha value is -1.22. The number of aryl methyl sites for hydroxylation is 1. The molecule has 0 aliphatic carbocycles. The van der Waals surface area contributed by atoms with Gasteiger partial charge in [0.1, 0.15) is 11.4 Å². The largest absolute Gasteiger partial charge is 0.382 e. The van der Waals surface area contributed by atoms with Crippen molar-refractivity contribution in [2.45, 2.75) is 26.4 Å². The predicted octanol–water partition coefficient (Wildman–Crippen LogP) is 2.09. The van der Waals surface area contributed by atoms with E-state index in [0.717, 1.165) is 6.07 Å². The highest BCUT2D eigenvalue weighted by Crippen LogP contribution is 2.17. The lowest BCUT2D eigenvalue weighted by atomic mass is 9.94. The zero-order chi connectivity index (χ0) is 10.9. The molecular weight excluding hydrogens is 183 g/mol. The maximum atomic E-state index is 12.9. The minimum absolute atomic E-state index is 0.234. The van der Waals surface area contributed by atoms with Crippen LogP contribution in [0.1, 0.15) is 29.8 Å². The molecule has 0 aliphatic rings. The van der Waals surface area contributed by atoms with Crippen LogP contribution in [0.15, 0.2) is 18.2 Å². The van der Waals surface area contributed by atoms with Gasteiger partial charge in [-0.3, -0.25) is 4.79 Å². The topological polar surface area (TPSA) is 37.3 Å². The van der Waals surface area contributed by atoms with Gasteiger partial charge in [-0.1, -0.05) is 6.07 Å². The van der Waals surface area contributed by atoms with Crippen molar-refractivity contribution in [1.82, 2.24) is 0 Å². The maximum Gasteiger partial charge on any atom is 0.194 e. The fourth-order valence-electron chi connectivity index (χ4n) is 1.17. The molecule has 14 heavy (non-hydrogen) atoms. The first-order valence-electron chi connectivity index (χ1n) is 4.35. The Bertz CT molecular complexity index is 364. The number of aliphatic hydroxyl groups is 1. The lowest BCUT2D eigenvalue weighted by Gasteiger charge is -2.16. The number of hydrogen-bond donors (Lipinski definition) is 1. The van der Waals surface area contributed by atoms with Crippen molar-refractivity contribution in [3.05, 3.63) is 35.1 Å². The first-order valence-corrected chi connectivity index (χ1v) is 4.35. The lowest BCUT2D eigenvalue weighted by Crippen LogP contribution is -2.31. The second kappa shape index (κ2) is 3.50. The Kier molecular flexibility index (Phi) is 2.71. The zero-order valence-electron chi connectivity index (χ0n) is 8.47. The minimum Gasteiger partial charge on any atom is -0.382 e. The van der Waals surface area contributed by atoms with Crippen molar-refractivity contribution in [2.24, 2.45) is 0 Å². The van der Waals surface area contributed by atoms with E-state index in [1.807, 2.05) is 0 Å². The summed E-state index contributed by atoms with van der Waals surface area (Å²) in [4.78, 5) is 11.6. The van der Waals surface area contributed by atoms with Crippen LogP contribution in [0.5, 0.6) is 0 Å². The number of rotatable bonds is 2. The fourth-order valence-corrected chi connectivity index (χ4v) is 1.17. The van der Waals surface area contributed by atoms with Crippen LogP contribution in [-0.4, -0.2) is 16.5 Å². The summed E-state index contributed by atoms with van der Waals surface area (Å²) in [7, 11) is 0. The third-order valence-corrected chi connectivity index (χ3v) is 2.00. The van der Waals surface area contributed by atoms with Gasteiger partial charge < -0.3 is 5.11 Å². The molecule has 3 heteroatoms. The fraction of sp³-hybridized carbons (Fsp3) is 0.364. The number of Topliss-reactive ketones (excluding diaryl/α,β-unsaturated/α-hetero) is 1. The Balaban J connectivity index is 3.19. The van der Waals surface area contributed by atoms with Crippen LogP contribution in [0.2, 0.25) is 0 Å². The third-order valence-electron chi connectivity index (χ3n) is 2.00. The van der Waals surface area contributed by atoms with Crippen molar-refractivity contribution in [1.29, 1.82) is 0 Å². The molecule has 0 atom stereocenters. The van der Waals surface area contributed by atoms with Gasteiger partial charge >= 0.3 is 0 Å². The summed E-state index contributed by atoms with van der Waals surface area (Å²) in [6, 6.07) is 3.96. The molecule has 0 unspecified atom stereocenters. The summed E-state index contributed by atoms with van der Waals surface area (Å²) in [5, 5.41) is 9.48. The minimum atomic E-state index is -1.46. The molecule has 0 spiro atoms. The van der Waals surface area contributed by atoms with Gasteiger partial charge in [0.25, 0.3) is 0 Å². The van der Waals surface area contributed by atoms with Gasteiger partial charge in [-0.05, 0) is 38.5 Å². The average Bonchev–Trinajstić information content (AvgIpc) is 2.06. The Labute approximate surface area is 82.4 Å². The molecule has 1 N–H and O–H groups in total. The molecule has 0 aromatic heterocycles. The van der Waals surface area contributed by atoms with Crippen molar-refractivity contribution in [2.75, 3.05) is 0 Å². The number of benzene rings is 1. The van der Waals surface area contributed by atoms with Crippen LogP contribution in [0.25, 0.3) is 0 Å². The predicted molar refractivity (Wildman–Crippen MR) is 51.8 cm³/mol. The molecule has 1 aromatic rings. The van der Waals surface area contributed by atoms with Gasteiger partial charge in [-0.25, -0.2) is 4.39 Å². The second-order valence-corrected chi connectivity index (χ2v) is 3.85. The first kappa shape index (κ1) is 10.9. The molecule has 1 aromatic carbocycles. The molecule has 0 bridgehead atoms. The van der Waals surface area contributed by atoms with Gasteiger partial charge in [-0.2, -0.15) is 0 Å². The van der Waals surface area contributed by atoms with E-state index in [0.29, 0.717) is 5.56 Å². The van der Waals surface area contributed by atoms with Crippen LogP contribution < -0.4 is 0 Å². The molecule has 1 rings (SSSR count). The summed E-state index contributed by atoms with van der Waals surface area (Å²) in [6.07, 6.45) is 0. The van der Waals surface area contributed by atoms with Gasteiger partial charge in [0.15, 0.2) is 5.78 Å². The van der Waals surface area contributed by atoms with Crippen molar-refractivity contribution in [3.63, 3.8) is 0 Å². The molecule has 0 radical (unpaired) electrons. The monoisotopic (exact) mass is 196 g/mol. The number of halogens is 1. The van der Waals surface area contributed by atoms with E-state index >= 15 is 0 Å². The highest BCUT2D eigenvalue weighted by molar-refractivity contribution is 6.02. The highest BCUT2D eigenvalue weighted by atomic mass is 19.1. The molecule has 76 valence electrons. The quantitative estimate of drug-likeness (QED) is 0.735. The smallest absolute Gasteiger partial charge is 0.194 e. The van der Waals surface area contributed by atoms with Crippen LogP contribution >= 0.6 is 0 Å². The van der Waals surface area contributed by atoms with E-state index in [1.165, 1.54) is 26.0 Å². The van der Waals surface area contributed by atoms with Crippen molar-refractivity contribution in [3.8, 4) is 0 Å². The average molecular weight is 196 g/mol.